The summed E-state index contributed by atoms with van der Waals surface area (Å²) in [5, 5.41) is 5.31. The average Bonchev–Trinajstić information content (AvgIpc) is 2.71. The Balaban J connectivity index is 2.17. The van der Waals surface area contributed by atoms with Gasteiger partial charge in [0, 0.05) is 20.4 Å². The predicted molar refractivity (Wildman–Crippen MR) is 132 cm³/mol. The van der Waals surface area contributed by atoms with E-state index >= 15 is 0 Å². The zero-order valence-corrected chi connectivity index (χ0v) is 21.7. The number of benzene rings is 2. The summed E-state index contributed by atoms with van der Waals surface area (Å²) in [6.45, 7) is 7.74. The van der Waals surface area contributed by atoms with Crippen molar-refractivity contribution in [2.45, 2.75) is 39.7 Å². The summed E-state index contributed by atoms with van der Waals surface area (Å²) in [5.41, 5.74) is 1.01. The fraction of sp³-hybridized carbons (Fsp3) is 0.318. The van der Waals surface area contributed by atoms with Crippen molar-refractivity contribution in [3.05, 3.63) is 60.0 Å². The second-order valence-electron chi connectivity index (χ2n) is 7.44. The molecule has 0 bridgehead atoms. The van der Waals surface area contributed by atoms with Crippen LogP contribution in [0.2, 0.25) is 5.02 Å². The van der Waals surface area contributed by atoms with Crippen molar-refractivity contribution in [3.8, 4) is 11.5 Å². The number of rotatable bonds is 6. The Kier molecular flexibility index (Phi) is 7.44. The van der Waals surface area contributed by atoms with E-state index < -0.39 is 0 Å². The second kappa shape index (κ2) is 9.71. The van der Waals surface area contributed by atoms with Crippen molar-refractivity contribution in [3.63, 3.8) is 0 Å². The van der Waals surface area contributed by atoms with Crippen LogP contribution in [0.15, 0.2) is 43.1 Å². The minimum absolute atomic E-state index is 0.0127. The summed E-state index contributed by atoms with van der Waals surface area (Å²) in [5.74, 6) is 1.46. The van der Waals surface area contributed by atoms with Crippen LogP contribution in [-0.4, -0.2) is 29.1 Å². The smallest absolute Gasteiger partial charge is 0.282 e. The number of halogens is 3. The zero-order chi connectivity index (χ0) is 22.9. The highest BCUT2D eigenvalue weighted by atomic mass is 79.9. The van der Waals surface area contributed by atoms with E-state index in [1.165, 1.54) is 4.68 Å². The van der Waals surface area contributed by atoms with Crippen molar-refractivity contribution >= 4 is 60.6 Å². The normalized spacial score (nSPS) is 11.8. The van der Waals surface area contributed by atoms with Crippen molar-refractivity contribution in [1.29, 1.82) is 0 Å². The number of aromatic nitrogens is 2. The summed E-state index contributed by atoms with van der Waals surface area (Å²) < 4.78 is 14.0. The highest BCUT2D eigenvalue weighted by Gasteiger charge is 2.19. The predicted octanol–water partition coefficient (Wildman–Crippen LogP) is 6.38. The number of methoxy groups -OCH3 is 1. The molecule has 2 aromatic carbocycles. The van der Waals surface area contributed by atoms with Crippen molar-refractivity contribution in [1.82, 2.24) is 9.66 Å². The molecule has 9 heteroatoms. The average molecular weight is 572 g/mol. The molecule has 1 aromatic heterocycles. The van der Waals surface area contributed by atoms with Gasteiger partial charge in [0.2, 0.25) is 0 Å². The molecule has 164 valence electrons. The Morgan fingerprint density at radius 1 is 1.19 bits per heavy atom. The van der Waals surface area contributed by atoms with Gasteiger partial charge in [-0.1, -0.05) is 41.4 Å². The SMILES string of the molecule is COc1cc(C=Nn2c(C(C)C)nc3ccc(Br)cc3c2=O)c(Br)c(Cl)c1OC(C)C. The molecule has 0 N–H and O–H groups in total. The first-order valence-electron chi connectivity index (χ1n) is 9.63. The third-order valence-corrected chi connectivity index (χ3v) is 6.33. The molecular weight excluding hydrogens is 550 g/mol. The molecule has 0 aliphatic heterocycles. The van der Waals surface area contributed by atoms with Gasteiger partial charge in [-0.2, -0.15) is 9.78 Å². The molecule has 0 fully saturated rings. The lowest BCUT2D eigenvalue weighted by Gasteiger charge is -2.17. The van der Waals surface area contributed by atoms with Gasteiger partial charge in [0.1, 0.15) is 10.8 Å². The molecule has 0 spiro atoms. The van der Waals surface area contributed by atoms with Crippen LogP contribution in [0.25, 0.3) is 10.9 Å². The van der Waals surface area contributed by atoms with E-state index in [0.29, 0.717) is 43.3 Å². The van der Waals surface area contributed by atoms with E-state index in [9.17, 15) is 4.79 Å². The van der Waals surface area contributed by atoms with Gasteiger partial charge >= 0.3 is 0 Å². The number of nitrogens with zero attached hydrogens (tertiary/aromatic N) is 3. The Hall–Kier alpha value is -1.90. The zero-order valence-electron chi connectivity index (χ0n) is 17.7. The van der Waals surface area contributed by atoms with Gasteiger partial charge in [-0.3, -0.25) is 4.79 Å². The largest absolute Gasteiger partial charge is 0.493 e. The van der Waals surface area contributed by atoms with Crippen LogP contribution < -0.4 is 15.0 Å². The molecule has 6 nitrogen and oxygen atoms in total. The van der Waals surface area contributed by atoms with Gasteiger partial charge in [0.05, 0.1) is 30.3 Å². The van der Waals surface area contributed by atoms with Gasteiger partial charge in [-0.15, -0.1) is 0 Å². The fourth-order valence-corrected chi connectivity index (χ4v) is 3.97. The summed E-state index contributed by atoms with van der Waals surface area (Å²) >= 11 is 13.4. The van der Waals surface area contributed by atoms with Crippen LogP contribution in [0.1, 0.15) is 45.0 Å². The first-order valence-corrected chi connectivity index (χ1v) is 11.6. The molecule has 0 saturated heterocycles. The molecule has 0 unspecified atom stereocenters. The number of ether oxygens (including phenoxy) is 2. The molecule has 0 atom stereocenters. The highest BCUT2D eigenvalue weighted by molar-refractivity contribution is 9.10. The lowest BCUT2D eigenvalue weighted by molar-refractivity contribution is 0.230. The lowest BCUT2D eigenvalue weighted by Crippen LogP contribution is -2.23. The van der Waals surface area contributed by atoms with Gasteiger partial charge in [0.25, 0.3) is 5.56 Å². The molecule has 1 heterocycles. The monoisotopic (exact) mass is 569 g/mol. The van der Waals surface area contributed by atoms with Gasteiger partial charge in [-0.25, -0.2) is 4.98 Å². The Labute approximate surface area is 202 Å². The molecule has 0 saturated carbocycles. The molecule has 0 amide bonds. The fourth-order valence-electron chi connectivity index (χ4n) is 2.97. The summed E-state index contributed by atoms with van der Waals surface area (Å²) in [4.78, 5) is 17.8. The summed E-state index contributed by atoms with van der Waals surface area (Å²) in [7, 11) is 1.54. The Morgan fingerprint density at radius 2 is 1.90 bits per heavy atom. The van der Waals surface area contributed by atoms with Crippen molar-refractivity contribution in [2.75, 3.05) is 7.11 Å². The van der Waals surface area contributed by atoms with E-state index in [-0.39, 0.29) is 17.6 Å². The van der Waals surface area contributed by atoms with Gasteiger partial charge in [-0.05, 0) is 54.0 Å². The number of fused-ring (bicyclic) bond motifs is 1. The lowest BCUT2D eigenvalue weighted by atomic mass is 10.2. The molecule has 3 aromatic rings. The van der Waals surface area contributed by atoms with E-state index in [1.54, 1.807) is 25.5 Å². The quantitative estimate of drug-likeness (QED) is 0.322. The van der Waals surface area contributed by atoms with Crippen LogP contribution in [0.4, 0.5) is 0 Å². The Bertz CT molecular complexity index is 1220. The third kappa shape index (κ3) is 4.96. The highest BCUT2D eigenvalue weighted by Crippen LogP contribution is 2.42. The van der Waals surface area contributed by atoms with E-state index in [0.717, 1.165) is 4.47 Å². The molecular formula is C22H22Br2ClN3O3. The number of hydrogen-bond donors (Lipinski definition) is 0. The molecule has 31 heavy (non-hydrogen) atoms. The van der Waals surface area contributed by atoms with Crippen LogP contribution in [0.3, 0.4) is 0 Å². The van der Waals surface area contributed by atoms with Crippen LogP contribution in [-0.2, 0) is 0 Å². The van der Waals surface area contributed by atoms with Gasteiger partial charge in [0.15, 0.2) is 11.5 Å². The minimum Gasteiger partial charge on any atom is -0.493 e. The maximum absolute atomic E-state index is 13.2. The maximum Gasteiger partial charge on any atom is 0.282 e. The van der Waals surface area contributed by atoms with Crippen molar-refractivity contribution in [2.24, 2.45) is 5.10 Å². The summed E-state index contributed by atoms with van der Waals surface area (Å²) in [6, 6.07) is 7.17. The molecule has 0 aliphatic rings. The van der Waals surface area contributed by atoms with Crippen molar-refractivity contribution < 1.29 is 9.47 Å². The van der Waals surface area contributed by atoms with Crippen LogP contribution in [0.5, 0.6) is 11.5 Å². The minimum atomic E-state index is -0.250. The number of hydrogen-bond acceptors (Lipinski definition) is 5. The second-order valence-corrected chi connectivity index (χ2v) is 9.53. The van der Waals surface area contributed by atoms with Gasteiger partial charge < -0.3 is 9.47 Å². The van der Waals surface area contributed by atoms with Crippen LogP contribution in [0, 0.1) is 0 Å². The van der Waals surface area contributed by atoms with E-state index in [1.807, 2.05) is 39.8 Å². The first kappa shape index (κ1) is 23.8. The molecule has 0 radical (unpaired) electrons. The molecule has 0 aliphatic carbocycles. The van der Waals surface area contributed by atoms with E-state index in [4.69, 9.17) is 21.1 Å². The Morgan fingerprint density at radius 3 is 2.52 bits per heavy atom. The third-order valence-electron chi connectivity index (χ3n) is 4.39. The van der Waals surface area contributed by atoms with Crippen LogP contribution >= 0.6 is 43.5 Å². The topological polar surface area (TPSA) is 65.7 Å². The van der Waals surface area contributed by atoms with E-state index in [2.05, 4.69) is 41.9 Å². The standard InChI is InChI=1S/C22H22Br2ClN3O3/c1-11(2)21-27-16-7-6-14(23)9-15(16)22(29)28(21)26-10-13-8-17(30-5)20(31-12(3)4)19(25)18(13)24/h6-12H,1-5H3. The maximum atomic E-state index is 13.2. The first-order chi connectivity index (χ1) is 14.6. The summed E-state index contributed by atoms with van der Waals surface area (Å²) in [6.07, 6.45) is 1.48. The molecule has 3 rings (SSSR count).